The molecule has 2 heterocycles. The molecule has 0 saturated heterocycles. The number of hydrogen-bond acceptors (Lipinski definition) is 5. The predicted molar refractivity (Wildman–Crippen MR) is 78.5 cm³/mol. The van der Waals surface area contributed by atoms with Crippen molar-refractivity contribution in [3.63, 3.8) is 0 Å². The smallest absolute Gasteiger partial charge is 0.320 e. The Kier molecular flexibility index (Phi) is 4.27. The van der Waals surface area contributed by atoms with Gasteiger partial charge in [-0.15, -0.1) is 0 Å². The first-order valence-electron chi connectivity index (χ1n) is 6.41. The molecule has 0 saturated carbocycles. The average molecular weight is 288 g/mol. The zero-order valence-electron chi connectivity index (χ0n) is 11.7. The van der Waals surface area contributed by atoms with Gasteiger partial charge in [-0.05, 0) is 13.0 Å². The summed E-state index contributed by atoms with van der Waals surface area (Å²) < 4.78 is 0. The van der Waals surface area contributed by atoms with Crippen LogP contribution in [0.3, 0.4) is 0 Å². The van der Waals surface area contributed by atoms with Crippen molar-refractivity contribution in [1.29, 1.82) is 5.41 Å². The first-order valence-corrected chi connectivity index (χ1v) is 6.41. The summed E-state index contributed by atoms with van der Waals surface area (Å²) >= 11 is 0. The van der Waals surface area contributed by atoms with Crippen molar-refractivity contribution in [1.82, 2.24) is 20.3 Å². The SMILES string of the molecule is CC(=O)C(=N)C[C@@H](C)NC(=O)Nc1cnc2[nH]ccc2n1. The number of nitrogens with zero attached hydrogens (tertiary/aromatic N) is 2. The molecule has 8 heteroatoms. The topological polar surface area (TPSA) is 124 Å². The van der Waals surface area contributed by atoms with Gasteiger partial charge in [-0.1, -0.05) is 0 Å². The lowest BCUT2D eigenvalue weighted by molar-refractivity contribution is -0.111. The van der Waals surface area contributed by atoms with Gasteiger partial charge >= 0.3 is 6.03 Å². The van der Waals surface area contributed by atoms with E-state index in [4.69, 9.17) is 5.41 Å². The van der Waals surface area contributed by atoms with Crippen LogP contribution in [0.25, 0.3) is 11.2 Å². The molecule has 2 amide bonds. The summed E-state index contributed by atoms with van der Waals surface area (Å²) in [5, 5.41) is 12.7. The molecule has 0 aromatic carbocycles. The number of ketones is 1. The number of nitrogens with one attached hydrogen (secondary N) is 4. The minimum absolute atomic E-state index is 0.0173. The van der Waals surface area contributed by atoms with Crippen LogP contribution in [0.5, 0.6) is 0 Å². The maximum absolute atomic E-state index is 11.8. The molecule has 0 aliphatic heterocycles. The van der Waals surface area contributed by atoms with Gasteiger partial charge in [0.2, 0.25) is 0 Å². The van der Waals surface area contributed by atoms with Crippen molar-refractivity contribution in [2.75, 3.05) is 5.32 Å². The van der Waals surface area contributed by atoms with Crippen molar-refractivity contribution >= 4 is 34.5 Å². The Morgan fingerprint density at radius 2 is 2.24 bits per heavy atom. The van der Waals surface area contributed by atoms with Crippen molar-refractivity contribution in [3.05, 3.63) is 18.5 Å². The maximum Gasteiger partial charge on any atom is 0.320 e. The van der Waals surface area contributed by atoms with Gasteiger partial charge in [0.05, 0.1) is 11.9 Å². The molecular weight excluding hydrogens is 272 g/mol. The normalized spacial score (nSPS) is 11.9. The molecule has 2 rings (SSSR count). The van der Waals surface area contributed by atoms with Crippen LogP contribution in [0.1, 0.15) is 20.3 Å². The molecule has 4 N–H and O–H groups in total. The Morgan fingerprint density at radius 3 is 2.95 bits per heavy atom. The molecule has 8 nitrogen and oxygen atoms in total. The van der Waals surface area contributed by atoms with Gasteiger partial charge in [-0.2, -0.15) is 0 Å². The van der Waals surface area contributed by atoms with Gasteiger partial charge < -0.3 is 15.7 Å². The van der Waals surface area contributed by atoms with Crippen LogP contribution >= 0.6 is 0 Å². The Hall–Kier alpha value is -2.77. The second kappa shape index (κ2) is 6.12. The summed E-state index contributed by atoms with van der Waals surface area (Å²) in [4.78, 5) is 34.0. The number of aromatic amines is 1. The van der Waals surface area contributed by atoms with Crippen molar-refractivity contribution < 1.29 is 9.59 Å². The highest BCUT2D eigenvalue weighted by Gasteiger charge is 2.13. The summed E-state index contributed by atoms with van der Waals surface area (Å²) in [6.45, 7) is 3.05. The van der Waals surface area contributed by atoms with E-state index in [1.807, 2.05) is 0 Å². The number of urea groups is 1. The van der Waals surface area contributed by atoms with Crippen LogP contribution in [-0.2, 0) is 4.79 Å². The van der Waals surface area contributed by atoms with Crippen LogP contribution in [0.15, 0.2) is 18.5 Å². The van der Waals surface area contributed by atoms with Gasteiger partial charge in [0.1, 0.15) is 5.52 Å². The number of fused-ring (bicyclic) bond motifs is 1. The summed E-state index contributed by atoms with van der Waals surface area (Å²) in [7, 11) is 0. The van der Waals surface area contributed by atoms with E-state index in [2.05, 4.69) is 25.6 Å². The molecule has 0 fully saturated rings. The Bertz CT molecular complexity index is 693. The largest absolute Gasteiger partial charge is 0.345 e. The highest BCUT2D eigenvalue weighted by atomic mass is 16.2. The van der Waals surface area contributed by atoms with Crippen LogP contribution in [0.2, 0.25) is 0 Å². The van der Waals surface area contributed by atoms with Crippen LogP contribution < -0.4 is 10.6 Å². The van der Waals surface area contributed by atoms with Crippen molar-refractivity contribution in [3.8, 4) is 0 Å². The van der Waals surface area contributed by atoms with E-state index in [0.29, 0.717) is 17.0 Å². The average Bonchev–Trinajstić information content (AvgIpc) is 2.85. The number of H-pyrrole nitrogens is 1. The lowest BCUT2D eigenvalue weighted by Crippen LogP contribution is -2.38. The summed E-state index contributed by atoms with van der Waals surface area (Å²) in [5.41, 5.74) is 1.28. The van der Waals surface area contributed by atoms with Crippen molar-refractivity contribution in [2.45, 2.75) is 26.3 Å². The monoisotopic (exact) mass is 288 g/mol. The number of Topliss-reactive ketones (excluding diaryl/α,β-unsaturated/α-hetero) is 1. The van der Waals surface area contributed by atoms with Crippen LogP contribution in [-0.4, -0.2) is 38.5 Å². The van der Waals surface area contributed by atoms with Crippen LogP contribution in [0.4, 0.5) is 10.6 Å². The van der Waals surface area contributed by atoms with E-state index in [1.54, 1.807) is 19.2 Å². The molecule has 0 aliphatic carbocycles. The van der Waals surface area contributed by atoms with E-state index < -0.39 is 6.03 Å². The van der Waals surface area contributed by atoms with E-state index in [-0.39, 0.29) is 24.0 Å². The maximum atomic E-state index is 11.8. The molecule has 0 unspecified atom stereocenters. The number of carbonyl (C=O) groups excluding carboxylic acids is 2. The molecular formula is C13H16N6O2. The molecule has 0 bridgehead atoms. The summed E-state index contributed by atoms with van der Waals surface area (Å²) in [6, 6.07) is 0.968. The lowest BCUT2D eigenvalue weighted by atomic mass is 10.1. The minimum atomic E-state index is -0.456. The third-order valence-corrected chi connectivity index (χ3v) is 2.82. The fraction of sp³-hybridized carbons (Fsp3) is 0.308. The standard InChI is InChI=1S/C13H16N6O2/c1-7(5-9(14)8(2)20)17-13(21)19-11-6-16-12-10(18-11)3-4-15-12/h3-4,6-7,14H,5H2,1-2H3,(H,15,16)(H2,17,18,19,21)/t7-/m1/s1. The van der Waals surface area contributed by atoms with Gasteiger partial charge in [-0.3, -0.25) is 10.1 Å². The van der Waals surface area contributed by atoms with E-state index in [9.17, 15) is 9.59 Å². The first kappa shape index (κ1) is 14.6. The quantitative estimate of drug-likeness (QED) is 0.622. The molecule has 2 aromatic rings. The third kappa shape index (κ3) is 3.85. The number of aromatic nitrogens is 3. The number of hydrogen-bond donors (Lipinski definition) is 4. The lowest BCUT2D eigenvalue weighted by Gasteiger charge is -2.13. The molecule has 1 atom stereocenters. The zero-order valence-corrected chi connectivity index (χ0v) is 11.7. The molecule has 110 valence electrons. The van der Waals surface area contributed by atoms with Gasteiger partial charge in [-0.25, -0.2) is 14.8 Å². The Balaban J connectivity index is 1.91. The van der Waals surface area contributed by atoms with Gasteiger partial charge in [0, 0.05) is 25.6 Å². The molecule has 0 aliphatic rings. The van der Waals surface area contributed by atoms with E-state index in [1.165, 1.54) is 13.1 Å². The highest BCUT2D eigenvalue weighted by Crippen LogP contribution is 2.09. The molecule has 0 radical (unpaired) electrons. The van der Waals surface area contributed by atoms with E-state index >= 15 is 0 Å². The van der Waals surface area contributed by atoms with E-state index in [0.717, 1.165) is 0 Å². The highest BCUT2D eigenvalue weighted by molar-refractivity contribution is 6.37. The Morgan fingerprint density at radius 1 is 1.48 bits per heavy atom. The van der Waals surface area contributed by atoms with Crippen molar-refractivity contribution in [2.24, 2.45) is 0 Å². The number of rotatable bonds is 5. The third-order valence-electron chi connectivity index (χ3n) is 2.82. The minimum Gasteiger partial charge on any atom is -0.345 e. The molecule has 0 spiro atoms. The summed E-state index contributed by atoms with van der Waals surface area (Å²) in [6.07, 6.45) is 3.34. The second-order valence-electron chi connectivity index (χ2n) is 4.71. The fourth-order valence-electron chi connectivity index (χ4n) is 1.77. The second-order valence-corrected chi connectivity index (χ2v) is 4.71. The number of amides is 2. The molecule has 2 aromatic heterocycles. The van der Waals surface area contributed by atoms with Gasteiger partial charge in [0.15, 0.2) is 17.2 Å². The number of anilines is 1. The number of carbonyl (C=O) groups is 2. The zero-order chi connectivity index (χ0) is 15.4. The van der Waals surface area contributed by atoms with Gasteiger partial charge in [0.25, 0.3) is 0 Å². The predicted octanol–water partition coefficient (Wildman–Crippen LogP) is 1.47. The first-order chi connectivity index (χ1) is 9.95. The van der Waals surface area contributed by atoms with Crippen LogP contribution in [0, 0.1) is 5.41 Å². The Labute approximate surface area is 120 Å². The molecule has 21 heavy (non-hydrogen) atoms. The fourth-order valence-corrected chi connectivity index (χ4v) is 1.77. The summed E-state index contributed by atoms with van der Waals surface area (Å²) in [5.74, 6) is 0.0290.